The highest BCUT2D eigenvalue weighted by atomic mass is 127. The quantitative estimate of drug-likeness (QED) is 0.496. The van der Waals surface area contributed by atoms with Gasteiger partial charge in [0.2, 0.25) is 10.0 Å². The van der Waals surface area contributed by atoms with Crippen LogP contribution < -0.4 is 4.72 Å². The normalized spacial score (nSPS) is 11.2. The van der Waals surface area contributed by atoms with Crippen LogP contribution in [0.5, 0.6) is 0 Å². The molecule has 1 aromatic rings. The van der Waals surface area contributed by atoms with E-state index in [4.69, 9.17) is 5.26 Å². The molecule has 0 spiro atoms. The zero-order valence-corrected chi connectivity index (χ0v) is 11.5. The fraction of sp³-hybridized carbons (Fsp3) is 0.375. The van der Waals surface area contributed by atoms with E-state index in [2.05, 4.69) is 27.3 Å². The molecule has 1 aromatic heterocycles. The number of nitrogens with one attached hydrogen (secondary N) is 1. The predicted molar refractivity (Wildman–Crippen MR) is 67.7 cm³/mol. The SMILES string of the molecule is N#Cc1ccc(S(=O)(=O)NCCCI)s1. The zero-order valence-electron chi connectivity index (χ0n) is 7.73. The van der Waals surface area contributed by atoms with Crippen LogP contribution in [0.2, 0.25) is 0 Å². The Balaban J connectivity index is 2.74. The molecule has 0 amide bonds. The van der Waals surface area contributed by atoms with E-state index in [1.165, 1.54) is 12.1 Å². The Morgan fingerprint density at radius 1 is 1.53 bits per heavy atom. The molecule has 0 fully saturated rings. The van der Waals surface area contributed by atoms with Crippen molar-refractivity contribution in [1.82, 2.24) is 4.72 Å². The summed E-state index contributed by atoms with van der Waals surface area (Å²) in [5.74, 6) is 0. The van der Waals surface area contributed by atoms with E-state index in [-0.39, 0.29) is 4.21 Å². The van der Waals surface area contributed by atoms with Gasteiger partial charge in [-0.25, -0.2) is 13.1 Å². The first-order valence-corrected chi connectivity index (χ1v) is 7.98. The molecule has 1 N–H and O–H groups in total. The van der Waals surface area contributed by atoms with Gasteiger partial charge in [0.05, 0.1) is 0 Å². The molecular weight excluding hydrogens is 347 g/mol. The van der Waals surface area contributed by atoms with Crippen molar-refractivity contribution < 1.29 is 8.42 Å². The van der Waals surface area contributed by atoms with Gasteiger partial charge in [0.1, 0.15) is 15.2 Å². The van der Waals surface area contributed by atoms with Crippen LogP contribution in [-0.2, 0) is 10.0 Å². The average Bonchev–Trinajstić information content (AvgIpc) is 2.66. The van der Waals surface area contributed by atoms with E-state index in [9.17, 15) is 8.42 Å². The Morgan fingerprint density at radius 3 is 2.80 bits per heavy atom. The van der Waals surface area contributed by atoms with E-state index in [0.717, 1.165) is 22.2 Å². The van der Waals surface area contributed by atoms with Crippen LogP contribution in [0.1, 0.15) is 11.3 Å². The van der Waals surface area contributed by atoms with Gasteiger partial charge < -0.3 is 0 Å². The standard InChI is InChI=1S/C8H9IN2O2S2/c9-4-1-5-11-15(12,13)8-3-2-7(6-10)14-8/h2-3,11H,1,4-5H2. The Bertz CT molecular complexity index is 461. The van der Waals surface area contributed by atoms with Gasteiger partial charge in [-0.1, -0.05) is 22.6 Å². The van der Waals surface area contributed by atoms with Crippen LogP contribution in [0, 0.1) is 11.3 Å². The Labute approximate surface area is 106 Å². The zero-order chi connectivity index (χ0) is 11.3. The summed E-state index contributed by atoms with van der Waals surface area (Å²) in [6, 6.07) is 4.88. The molecule has 1 heterocycles. The second-order valence-electron chi connectivity index (χ2n) is 2.67. The molecule has 0 unspecified atom stereocenters. The molecule has 0 aliphatic rings. The molecule has 0 bridgehead atoms. The monoisotopic (exact) mass is 356 g/mol. The Hall–Kier alpha value is -0.170. The van der Waals surface area contributed by atoms with Gasteiger partial charge in [0, 0.05) is 11.0 Å². The topological polar surface area (TPSA) is 70.0 Å². The lowest BCUT2D eigenvalue weighted by Gasteiger charge is -2.02. The number of rotatable bonds is 5. The van der Waals surface area contributed by atoms with Crippen LogP contribution in [0.25, 0.3) is 0 Å². The summed E-state index contributed by atoms with van der Waals surface area (Å²) >= 11 is 3.17. The second-order valence-corrected chi connectivity index (χ2v) is 6.83. The number of thiophene rings is 1. The lowest BCUT2D eigenvalue weighted by Crippen LogP contribution is -2.24. The van der Waals surface area contributed by atoms with E-state index in [1.807, 2.05) is 6.07 Å². The van der Waals surface area contributed by atoms with E-state index in [1.54, 1.807) is 0 Å². The third-order valence-electron chi connectivity index (χ3n) is 1.56. The first kappa shape index (κ1) is 12.9. The van der Waals surface area contributed by atoms with Crippen molar-refractivity contribution in [2.75, 3.05) is 11.0 Å². The molecule has 82 valence electrons. The second kappa shape index (κ2) is 5.79. The van der Waals surface area contributed by atoms with Crippen molar-refractivity contribution in [3.05, 3.63) is 17.0 Å². The number of nitriles is 1. The van der Waals surface area contributed by atoms with Crippen LogP contribution in [0.15, 0.2) is 16.3 Å². The summed E-state index contributed by atoms with van der Waals surface area (Å²) in [6.45, 7) is 0.436. The minimum absolute atomic E-state index is 0.201. The van der Waals surface area contributed by atoms with E-state index < -0.39 is 10.0 Å². The molecule has 15 heavy (non-hydrogen) atoms. The van der Waals surface area contributed by atoms with Gasteiger partial charge in [0.25, 0.3) is 0 Å². The predicted octanol–water partition coefficient (Wildman–Crippen LogP) is 1.72. The molecule has 0 radical (unpaired) electrons. The van der Waals surface area contributed by atoms with Gasteiger partial charge in [-0.2, -0.15) is 5.26 Å². The lowest BCUT2D eigenvalue weighted by molar-refractivity contribution is 0.583. The van der Waals surface area contributed by atoms with Crippen LogP contribution >= 0.6 is 33.9 Å². The third kappa shape index (κ3) is 3.71. The maximum atomic E-state index is 11.6. The molecule has 0 aromatic carbocycles. The Kier molecular flexibility index (Phi) is 4.98. The Morgan fingerprint density at radius 2 is 2.27 bits per heavy atom. The highest BCUT2D eigenvalue weighted by Gasteiger charge is 2.15. The largest absolute Gasteiger partial charge is 0.250 e. The molecule has 4 nitrogen and oxygen atoms in total. The van der Waals surface area contributed by atoms with Gasteiger partial charge in [-0.15, -0.1) is 11.3 Å². The first-order valence-electron chi connectivity index (χ1n) is 4.15. The summed E-state index contributed by atoms with van der Waals surface area (Å²) in [5.41, 5.74) is 0. The van der Waals surface area contributed by atoms with Crippen molar-refractivity contribution in [1.29, 1.82) is 5.26 Å². The molecule has 1 rings (SSSR count). The number of sulfonamides is 1. The van der Waals surface area contributed by atoms with Crippen molar-refractivity contribution >= 4 is 44.0 Å². The van der Waals surface area contributed by atoms with Gasteiger partial charge >= 0.3 is 0 Å². The van der Waals surface area contributed by atoms with Crippen LogP contribution in [0.4, 0.5) is 0 Å². The molecule has 0 saturated carbocycles. The molecular formula is C8H9IN2O2S2. The summed E-state index contributed by atoms with van der Waals surface area (Å²) in [7, 11) is -3.41. The van der Waals surface area contributed by atoms with Crippen LogP contribution in [-0.4, -0.2) is 19.4 Å². The minimum atomic E-state index is -3.41. The van der Waals surface area contributed by atoms with Crippen molar-refractivity contribution in [3.8, 4) is 6.07 Å². The number of hydrogen-bond acceptors (Lipinski definition) is 4. The number of hydrogen-bond donors (Lipinski definition) is 1. The van der Waals surface area contributed by atoms with Crippen molar-refractivity contribution in [2.45, 2.75) is 10.6 Å². The van der Waals surface area contributed by atoms with Gasteiger partial charge in [0.15, 0.2) is 0 Å². The van der Waals surface area contributed by atoms with Gasteiger partial charge in [-0.05, 0) is 18.6 Å². The average molecular weight is 356 g/mol. The maximum Gasteiger partial charge on any atom is 0.250 e. The van der Waals surface area contributed by atoms with Crippen LogP contribution in [0.3, 0.4) is 0 Å². The summed E-state index contributed by atoms with van der Waals surface area (Å²) in [6.07, 6.45) is 0.802. The molecule has 0 saturated heterocycles. The van der Waals surface area contributed by atoms with Gasteiger partial charge in [-0.3, -0.25) is 0 Å². The molecule has 0 aliphatic heterocycles. The summed E-state index contributed by atoms with van der Waals surface area (Å²) in [5, 5.41) is 8.57. The molecule has 7 heteroatoms. The number of alkyl halides is 1. The lowest BCUT2D eigenvalue weighted by atomic mass is 10.5. The molecule has 0 atom stereocenters. The fourth-order valence-electron chi connectivity index (χ4n) is 0.869. The number of halogens is 1. The highest BCUT2D eigenvalue weighted by molar-refractivity contribution is 14.1. The smallest absolute Gasteiger partial charge is 0.210 e. The third-order valence-corrected chi connectivity index (χ3v) is 5.26. The minimum Gasteiger partial charge on any atom is -0.210 e. The van der Waals surface area contributed by atoms with Crippen molar-refractivity contribution in [3.63, 3.8) is 0 Å². The number of nitrogens with zero attached hydrogens (tertiary/aromatic N) is 1. The molecule has 0 aliphatic carbocycles. The van der Waals surface area contributed by atoms with E-state index in [0.29, 0.717) is 11.4 Å². The first-order chi connectivity index (χ1) is 7.10. The summed E-state index contributed by atoms with van der Waals surface area (Å²) in [4.78, 5) is 0.407. The fourth-order valence-corrected chi connectivity index (χ4v) is 3.47. The highest BCUT2D eigenvalue weighted by Crippen LogP contribution is 2.20. The van der Waals surface area contributed by atoms with Crippen molar-refractivity contribution in [2.24, 2.45) is 0 Å². The maximum absolute atomic E-state index is 11.6. The summed E-state index contributed by atoms with van der Waals surface area (Å²) < 4.78 is 26.8. The van der Waals surface area contributed by atoms with E-state index >= 15 is 0 Å².